The van der Waals surface area contributed by atoms with Gasteiger partial charge in [-0.3, -0.25) is 0 Å². The Bertz CT molecular complexity index is 505. The second-order valence-corrected chi connectivity index (χ2v) is 3.08. The standard InChI is InChI=1S/C10H9N3O2/c1-6-11-5-9(12-6)7-3-2-4-8(13-7)10(14)15/h2-5H,1H3,(H,11,12)(H,14,15)/p-1. The second-order valence-electron chi connectivity index (χ2n) is 3.08. The molecule has 15 heavy (non-hydrogen) atoms. The molecule has 0 fully saturated rings. The highest BCUT2D eigenvalue weighted by atomic mass is 16.4. The summed E-state index contributed by atoms with van der Waals surface area (Å²) in [4.78, 5) is 21.5. The van der Waals surface area contributed by atoms with Crippen LogP contribution >= 0.6 is 0 Å². The largest absolute Gasteiger partial charge is 0.543 e. The van der Waals surface area contributed by atoms with Gasteiger partial charge in [0.05, 0.1) is 29.2 Å². The number of hydrogen-bond acceptors (Lipinski definition) is 4. The van der Waals surface area contributed by atoms with Crippen LogP contribution in [0.15, 0.2) is 24.4 Å². The maximum absolute atomic E-state index is 10.6. The number of carboxylic acid groups (broad SMARTS) is 1. The molecule has 0 amide bonds. The average molecular weight is 202 g/mol. The van der Waals surface area contributed by atoms with E-state index >= 15 is 0 Å². The first-order valence-electron chi connectivity index (χ1n) is 4.37. The number of carbonyl (C=O) groups excluding carboxylic acids is 1. The summed E-state index contributed by atoms with van der Waals surface area (Å²) in [6.45, 7) is 1.81. The van der Waals surface area contributed by atoms with E-state index in [-0.39, 0.29) is 5.69 Å². The number of aromatic carboxylic acids is 1. The summed E-state index contributed by atoms with van der Waals surface area (Å²) in [5.74, 6) is -0.529. The first kappa shape index (κ1) is 9.39. The minimum absolute atomic E-state index is 0.0836. The van der Waals surface area contributed by atoms with Crippen molar-refractivity contribution in [1.82, 2.24) is 15.0 Å². The van der Waals surface area contributed by atoms with Gasteiger partial charge in [-0.15, -0.1) is 0 Å². The molecule has 0 unspecified atom stereocenters. The highest BCUT2D eigenvalue weighted by molar-refractivity contribution is 5.84. The van der Waals surface area contributed by atoms with Crippen LogP contribution in [0.5, 0.6) is 0 Å². The molecule has 0 spiro atoms. The van der Waals surface area contributed by atoms with Gasteiger partial charge >= 0.3 is 0 Å². The molecule has 76 valence electrons. The zero-order chi connectivity index (χ0) is 10.8. The highest BCUT2D eigenvalue weighted by Gasteiger charge is 2.03. The number of nitrogens with one attached hydrogen (secondary N) is 1. The van der Waals surface area contributed by atoms with Crippen molar-refractivity contribution >= 4 is 5.97 Å². The Labute approximate surface area is 85.8 Å². The lowest BCUT2D eigenvalue weighted by molar-refractivity contribution is -0.255. The van der Waals surface area contributed by atoms with E-state index in [1.54, 1.807) is 18.3 Å². The summed E-state index contributed by atoms with van der Waals surface area (Å²) in [5, 5.41) is 10.6. The molecule has 0 aliphatic rings. The molecular weight excluding hydrogens is 194 g/mol. The molecule has 2 heterocycles. The molecule has 0 aromatic carbocycles. The van der Waals surface area contributed by atoms with E-state index < -0.39 is 5.97 Å². The molecule has 5 heteroatoms. The van der Waals surface area contributed by atoms with Crippen LogP contribution in [0.2, 0.25) is 0 Å². The van der Waals surface area contributed by atoms with Crippen molar-refractivity contribution in [1.29, 1.82) is 0 Å². The van der Waals surface area contributed by atoms with Crippen LogP contribution in [-0.4, -0.2) is 20.9 Å². The van der Waals surface area contributed by atoms with Gasteiger partial charge in [0.1, 0.15) is 5.82 Å². The lowest BCUT2D eigenvalue weighted by Crippen LogP contribution is -2.23. The molecule has 2 aromatic heterocycles. The molecule has 2 rings (SSSR count). The maximum atomic E-state index is 10.6. The third-order valence-electron chi connectivity index (χ3n) is 1.94. The van der Waals surface area contributed by atoms with Crippen LogP contribution < -0.4 is 5.11 Å². The zero-order valence-corrected chi connectivity index (χ0v) is 8.02. The molecule has 0 bridgehead atoms. The number of rotatable bonds is 2. The van der Waals surface area contributed by atoms with E-state index in [0.29, 0.717) is 11.4 Å². The summed E-state index contributed by atoms with van der Waals surface area (Å²) in [7, 11) is 0. The summed E-state index contributed by atoms with van der Waals surface area (Å²) in [6, 6.07) is 4.71. The Morgan fingerprint density at radius 3 is 2.87 bits per heavy atom. The van der Waals surface area contributed by atoms with Gasteiger partial charge in [-0.05, 0) is 19.1 Å². The fourth-order valence-corrected chi connectivity index (χ4v) is 1.25. The Hall–Kier alpha value is -2.17. The van der Waals surface area contributed by atoms with Crippen molar-refractivity contribution < 1.29 is 9.90 Å². The third kappa shape index (κ3) is 1.85. The van der Waals surface area contributed by atoms with Crippen molar-refractivity contribution in [2.24, 2.45) is 0 Å². The number of pyridine rings is 1. The summed E-state index contributed by atoms with van der Waals surface area (Å²) in [6.07, 6.45) is 1.61. The normalized spacial score (nSPS) is 10.2. The van der Waals surface area contributed by atoms with E-state index in [9.17, 15) is 9.90 Å². The minimum atomic E-state index is -1.28. The average Bonchev–Trinajstić information content (AvgIpc) is 2.65. The minimum Gasteiger partial charge on any atom is -0.543 e. The number of aromatic nitrogens is 3. The lowest BCUT2D eigenvalue weighted by atomic mass is 10.2. The quantitative estimate of drug-likeness (QED) is 0.751. The summed E-state index contributed by atoms with van der Waals surface area (Å²) < 4.78 is 0. The van der Waals surface area contributed by atoms with Gasteiger partial charge in [-0.1, -0.05) is 6.07 Å². The number of carboxylic acids is 1. The number of hydrogen-bond donors (Lipinski definition) is 1. The van der Waals surface area contributed by atoms with Gasteiger partial charge < -0.3 is 14.9 Å². The fraction of sp³-hybridized carbons (Fsp3) is 0.100. The van der Waals surface area contributed by atoms with Crippen LogP contribution in [0.4, 0.5) is 0 Å². The monoisotopic (exact) mass is 202 g/mol. The predicted molar refractivity (Wildman–Crippen MR) is 50.9 cm³/mol. The van der Waals surface area contributed by atoms with Crippen LogP contribution in [0, 0.1) is 6.92 Å². The maximum Gasteiger partial charge on any atom is 0.103 e. The Kier molecular flexibility index (Phi) is 2.21. The van der Waals surface area contributed by atoms with Crippen molar-refractivity contribution in [2.45, 2.75) is 6.92 Å². The van der Waals surface area contributed by atoms with Crippen molar-refractivity contribution in [3.05, 3.63) is 35.9 Å². The zero-order valence-electron chi connectivity index (χ0n) is 8.02. The van der Waals surface area contributed by atoms with Crippen molar-refractivity contribution in [2.75, 3.05) is 0 Å². The van der Waals surface area contributed by atoms with Crippen molar-refractivity contribution in [3.63, 3.8) is 0 Å². The third-order valence-corrected chi connectivity index (χ3v) is 1.94. The molecule has 0 atom stereocenters. The molecule has 1 N–H and O–H groups in total. The van der Waals surface area contributed by atoms with E-state index in [1.807, 2.05) is 6.92 Å². The smallest absolute Gasteiger partial charge is 0.103 e. The van der Waals surface area contributed by atoms with Gasteiger partial charge in [0, 0.05) is 0 Å². The Morgan fingerprint density at radius 1 is 1.47 bits per heavy atom. The summed E-state index contributed by atoms with van der Waals surface area (Å²) in [5.41, 5.74) is 1.15. The number of imidazole rings is 1. The number of nitrogens with zero attached hydrogens (tertiary/aromatic N) is 2. The van der Waals surface area contributed by atoms with E-state index in [2.05, 4.69) is 15.0 Å². The Balaban J connectivity index is 2.45. The Morgan fingerprint density at radius 2 is 2.27 bits per heavy atom. The van der Waals surface area contributed by atoms with E-state index in [0.717, 1.165) is 5.82 Å². The highest BCUT2D eigenvalue weighted by Crippen LogP contribution is 2.14. The molecule has 5 nitrogen and oxygen atoms in total. The molecule has 0 radical (unpaired) electrons. The molecule has 0 saturated carbocycles. The van der Waals surface area contributed by atoms with E-state index in [1.165, 1.54) is 6.07 Å². The molecule has 2 aromatic rings. The molecule has 0 aliphatic heterocycles. The fourth-order valence-electron chi connectivity index (χ4n) is 1.25. The number of H-pyrrole nitrogens is 1. The van der Waals surface area contributed by atoms with Gasteiger partial charge in [0.15, 0.2) is 0 Å². The molecule has 0 aliphatic carbocycles. The van der Waals surface area contributed by atoms with Crippen molar-refractivity contribution in [3.8, 4) is 11.4 Å². The molecule has 0 saturated heterocycles. The van der Waals surface area contributed by atoms with Crippen LogP contribution in [0.3, 0.4) is 0 Å². The van der Waals surface area contributed by atoms with Crippen LogP contribution in [0.25, 0.3) is 11.4 Å². The van der Waals surface area contributed by atoms with Gasteiger partial charge in [-0.2, -0.15) is 0 Å². The van der Waals surface area contributed by atoms with Crippen LogP contribution in [0.1, 0.15) is 16.3 Å². The first-order chi connectivity index (χ1) is 7.16. The molecular formula is C10H8N3O2-. The number of carbonyl (C=O) groups is 1. The lowest BCUT2D eigenvalue weighted by Gasteiger charge is -2.02. The number of aromatic amines is 1. The van der Waals surface area contributed by atoms with Gasteiger partial charge in [0.2, 0.25) is 0 Å². The second kappa shape index (κ2) is 3.53. The van der Waals surface area contributed by atoms with Gasteiger partial charge in [-0.25, -0.2) is 9.97 Å². The van der Waals surface area contributed by atoms with E-state index in [4.69, 9.17) is 0 Å². The SMILES string of the molecule is Cc1ncc(-c2cccc(C(=O)[O-])n2)[nH]1. The number of aryl methyl sites for hydroxylation is 1. The first-order valence-corrected chi connectivity index (χ1v) is 4.37. The topological polar surface area (TPSA) is 81.7 Å². The summed E-state index contributed by atoms with van der Waals surface area (Å²) >= 11 is 0. The predicted octanol–water partition coefficient (Wildman–Crippen LogP) is 0.144. The van der Waals surface area contributed by atoms with Crippen LogP contribution in [-0.2, 0) is 0 Å². The van der Waals surface area contributed by atoms with Gasteiger partial charge in [0.25, 0.3) is 0 Å².